The highest BCUT2D eigenvalue weighted by molar-refractivity contribution is 5.86. The molecular weight excluding hydrogens is 188 g/mol. The number of nitrogens with one attached hydrogen (secondary N) is 1. The van der Waals surface area contributed by atoms with Crippen molar-refractivity contribution in [3.63, 3.8) is 0 Å². The molecule has 3 nitrogen and oxygen atoms in total. The summed E-state index contributed by atoms with van der Waals surface area (Å²) in [5, 5.41) is 3.05. The first-order valence-corrected chi connectivity index (χ1v) is 5.92. The van der Waals surface area contributed by atoms with Crippen LogP contribution in [0, 0.1) is 0 Å². The van der Waals surface area contributed by atoms with Gasteiger partial charge >= 0.3 is 0 Å². The zero-order valence-electron chi connectivity index (χ0n) is 10.8. The molecule has 0 aliphatic rings. The molecule has 0 aromatic carbocycles. The van der Waals surface area contributed by atoms with Crippen LogP contribution in [0.3, 0.4) is 0 Å². The van der Waals surface area contributed by atoms with Gasteiger partial charge in [-0.2, -0.15) is 0 Å². The van der Waals surface area contributed by atoms with Crippen LogP contribution in [0.5, 0.6) is 0 Å². The van der Waals surface area contributed by atoms with E-state index < -0.39 is 5.54 Å². The molecule has 0 aliphatic heterocycles. The van der Waals surface area contributed by atoms with Gasteiger partial charge < -0.3 is 11.1 Å². The molecular formula is C12H26N2O. The summed E-state index contributed by atoms with van der Waals surface area (Å²) >= 11 is 0. The Morgan fingerprint density at radius 2 is 1.67 bits per heavy atom. The second-order valence-corrected chi connectivity index (χ2v) is 4.89. The van der Waals surface area contributed by atoms with E-state index in [0.29, 0.717) is 0 Å². The fraction of sp³-hybridized carbons (Fsp3) is 0.917. The van der Waals surface area contributed by atoms with Gasteiger partial charge in [0.15, 0.2) is 0 Å². The predicted octanol–water partition coefficient (Wildman–Crippen LogP) is 2.20. The third-order valence-corrected chi connectivity index (χ3v) is 3.26. The summed E-state index contributed by atoms with van der Waals surface area (Å²) in [4.78, 5) is 12.0. The molecule has 3 heteroatoms. The van der Waals surface area contributed by atoms with Gasteiger partial charge in [0.05, 0.1) is 5.54 Å². The number of carbonyl (C=O) groups excluding carboxylic acids is 1. The number of nitrogens with two attached hydrogens (primary N) is 1. The van der Waals surface area contributed by atoms with Crippen molar-refractivity contribution in [2.45, 2.75) is 71.4 Å². The van der Waals surface area contributed by atoms with Crippen molar-refractivity contribution in [3.05, 3.63) is 0 Å². The summed E-state index contributed by atoms with van der Waals surface area (Å²) in [6.45, 7) is 10.1. The Hall–Kier alpha value is -0.570. The molecule has 0 heterocycles. The van der Waals surface area contributed by atoms with E-state index >= 15 is 0 Å². The van der Waals surface area contributed by atoms with Crippen molar-refractivity contribution in [1.29, 1.82) is 0 Å². The van der Waals surface area contributed by atoms with E-state index in [9.17, 15) is 4.79 Å². The highest BCUT2D eigenvalue weighted by atomic mass is 16.2. The molecule has 1 unspecified atom stereocenters. The van der Waals surface area contributed by atoms with Crippen LogP contribution < -0.4 is 11.1 Å². The van der Waals surface area contributed by atoms with Gasteiger partial charge in [-0.15, -0.1) is 0 Å². The van der Waals surface area contributed by atoms with Crippen LogP contribution in [0.15, 0.2) is 0 Å². The molecule has 0 aromatic rings. The third-order valence-electron chi connectivity index (χ3n) is 3.26. The molecule has 0 aliphatic carbocycles. The van der Waals surface area contributed by atoms with E-state index in [1.165, 1.54) is 0 Å². The average Bonchev–Trinajstić information content (AvgIpc) is 2.17. The Morgan fingerprint density at radius 3 is 2.00 bits per heavy atom. The maximum Gasteiger partial charge on any atom is 0.240 e. The van der Waals surface area contributed by atoms with Crippen LogP contribution in [0.25, 0.3) is 0 Å². The number of hydrogen-bond donors (Lipinski definition) is 2. The smallest absolute Gasteiger partial charge is 0.240 e. The minimum Gasteiger partial charge on any atom is -0.349 e. The molecule has 0 spiro atoms. The predicted molar refractivity (Wildman–Crippen MR) is 64.6 cm³/mol. The summed E-state index contributed by atoms with van der Waals surface area (Å²) in [7, 11) is 0. The summed E-state index contributed by atoms with van der Waals surface area (Å²) in [5.74, 6) is -0.0319. The molecule has 0 rings (SSSR count). The zero-order valence-corrected chi connectivity index (χ0v) is 10.8. The fourth-order valence-electron chi connectivity index (χ4n) is 1.48. The van der Waals surface area contributed by atoms with Gasteiger partial charge in [-0.3, -0.25) is 4.79 Å². The largest absolute Gasteiger partial charge is 0.349 e. The SMILES string of the molecule is CCCC(C)(N)C(=O)NC(C)(CC)CC. The van der Waals surface area contributed by atoms with Crippen molar-refractivity contribution in [2.24, 2.45) is 5.73 Å². The zero-order chi connectivity index (χ0) is 12.1. The first kappa shape index (κ1) is 14.4. The molecule has 0 aromatic heterocycles. The lowest BCUT2D eigenvalue weighted by molar-refractivity contribution is -0.128. The summed E-state index contributed by atoms with van der Waals surface area (Å²) in [5.41, 5.74) is 5.12. The minimum atomic E-state index is -0.736. The Kier molecular flexibility index (Phi) is 5.29. The van der Waals surface area contributed by atoms with Crippen LogP contribution in [0.4, 0.5) is 0 Å². The Morgan fingerprint density at radius 1 is 1.20 bits per heavy atom. The number of hydrogen-bond acceptors (Lipinski definition) is 2. The quantitative estimate of drug-likeness (QED) is 0.712. The van der Waals surface area contributed by atoms with Gasteiger partial charge in [0.25, 0.3) is 0 Å². The van der Waals surface area contributed by atoms with Crippen LogP contribution in [-0.4, -0.2) is 17.0 Å². The first-order chi connectivity index (χ1) is 6.81. The van der Waals surface area contributed by atoms with Crippen molar-refractivity contribution in [1.82, 2.24) is 5.32 Å². The van der Waals surface area contributed by atoms with E-state index in [4.69, 9.17) is 5.73 Å². The third kappa shape index (κ3) is 4.20. The maximum absolute atomic E-state index is 12.0. The van der Waals surface area contributed by atoms with Gasteiger partial charge in [-0.05, 0) is 33.1 Å². The lowest BCUT2D eigenvalue weighted by atomic mass is 9.91. The Labute approximate surface area is 93.8 Å². The summed E-state index contributed by atoms with van der Waals surface area (Å²) in [6.07, 6.45) is 3.51. The average molecular weight is 214 g/mol. The van der Waals surface area contributed by atoms with E-state index in [0.717, 1.165) is 25.7 Å². The topological polar surface area (TPSA) is 55.1 Å². The van der Waals surface area contributed by atoms with Crippen LogP contribution in [-0.2, 0) is 4.79 Å². The molecule has 0 saturated carbocycles. The standard InChI is InChI=1S/C12H26N2O/c1-6-9-12(5,13)10(15)14-11(4,7-2)8-3/h6-9,13H2,1-5H3,(H,14,15). The van der Waals surface area contributed by atoms with E-state index in [1.807, 2.05) is 6.92 Å². The molecule has 1 amide bonds. The molecule has 0 radical (unpaired) electrons. The summed E-state index contributed by atoms with van der Waals surface area (Å²) < 4.78 is 0. The first-order valence-electron chi connectivity index (χ1n) is 5.92. The molecule has 0 bridgehead atoms. The Balaban J connectivity index is 4.47. The molecule has 3 N–H and O–H groups in total. The second-order valence-electron chi connectivity index (χ2n) is 4.89. The van der Waals surface area contributed by atoms with E-state index in [2.05, 4.69) is 26.1 Å². The van der Waals surface area contributed by atoms with E-state index in [-0.39, 0.29) is 11.4 Å². The molecule has 0 saturated heterocycles. The van der Waals surface area contributed by atoms with Crippen LogP contribution >= 0.6 is 0 Å². The van der Waals surface area contributed by atoms with Crippen LogP contribution in [0.2, 0.25) is 0 Å². The van der Waals surface area contributed by atoms with Gasteiger partial charge in [-0.1, -0.05) is 27.2 Å². The Bertz CT molecular complexity index is 208. The van der Waals surface area contributed by atoms with Crippen molar-refractivity contribution >= 4 is 5.91 Å². The van der Waals surface area contributed by atoms with Crippen molar-refractivity contribution in [2.75, 3.05) is 0 Å². The molecule has 0 fully saturated rings. The lowest BCUT2D eigenvalue weighted by Crippen LogP contribution is -2.57. The fourth-order valence-corrected chi connectivity index (χ4v) is 1.48. The second kappa shape index (κ2) is 5.50. The highest BCUT2D eigenvalue weighted by Gasteiger charge is 2.32. The molecule has 15 heavy (non-hydrogen) atoms. The lowest BCUT2D eigenvalue weighted by Gasteiger charge is -2.33. The number of carbonyl (C=O) groups is 1. The van der Waals surface area contributed by atoms with Gasteiger partial charge in [0, 0.05) is 5.54 Å². The van der Waals surface area contributed by atoms with Crippen molar-refractivity contribution < 1.29 is 4.79 Å². The number of rotatable bonds is 6. The maximum atomic E-state index is 12.0. The number of amides is 1. The van der Waals surface area contributed by atoms with Gasteiger partial charge in [-0.25, -0.2) is 0 Å². The highest BCUT2D eigenvalue weighted by Crippen LogP contribution is 2.16. The minimum absolute atomic E-state index is 0.0319. The van der Waals surface area contributed by atoms with Gasteiger partial charge in [0.1, 0.15) is 0 Å². The molecule has 90 valence electrons. The van der Waals surface area contributed by atoms with E-state index in [1.54, 1.807) is 6.92 Å². The monoisotopic (exact) mass is 214 g/mol. The van der Waals surface area contributed by atoms with Crippen LogP contribution in [0.1, 0.15) is 60.3 Å². The van der Waals surface area contributed by atoms with Crippen molar-refractivity contribution in [3.8, 4) is 0 Å². The van der Waals surface area contributed by atoms with Gasteiger partial charge in [0.2, 0.25) is 5.91 Å². The molecule has 1 atom stereocenters. The summed E-state index contributed by atoms with van der Waals surface area (Å²) in [6, 6.07) is 0. The normalized spacial score (nSPS) is 15.9.